The first kappa shape index (κ1) is 19.6. The lowest BCUT2D eigenvalue weighted by atomic mass is 9.93. The Morgan fingerprint density at radius 3 is 2.93 bits per heavy atom. The number of amides is 1. The van der Waals surface area contributed by atoms with Gasteiger partial charge in [-0.1, -0.05) is 0 Å². The lowest BCUT2D eigenvalue weighted by molar-refractivity contribution is -0.127. The number of anilines is 1. The maximum Gasteiger partial charge on any atom is 0.224 e. The number of pyridine rings is 1. The highest BCUT2D eigenvalue weighted by Gasteiger charge is 2.32. The van der Waals surface area contributed by atoms with Crippen LogP contribution in [0.3, 0.4) is 0 Å². The summed E-state index contributed by atoms with van der Waals surface area (Å²) in [5.74, 6) is 1.03. The highest BCUT2D eigenvalue weighted by molar-refractivity contribution is 5.78. The van der Waals surface area contributed by atoms with Gasteiger partial charge in [0.25, 0.3) is 0 Å². The molecular formula is C20H29N5O2. The van der Waals surface area contributed by atoms with Gasteiger partial charge in [0.05, 0.1) is 18.1 Å². The van der Waals surface area contributed by atoms with Gasteiger partial charge in [-0.3, -0.25) is 9.69 Å². The van der Waals surface area contributed by atoms with Gasteiger partial charge in [-0.15, -0.1) is 0 Å². The average molecular weight is 371 g/mol. The monoisotopic (exact) mass is 371 g/mol. The van der Waals surface area contributed by atoms with Crippen molar-refractivity contribution in [1.82, 2.24) is 15.2 Å². The Labute approximate surface area is 161 Å². The molecule has 1 N–H and O–H groups in total. The molecule has 1 atom stereocenters. The Kier molecular flexibility index (Phi) is 7.02. The molecule has 0 saturated carbocycles. The van der Waals surface area contributed by atoms with Gasteiger partial charge in [0, 0.05) is 45.5 Å². The van der Waals surface area contributed by atoms with E-state index in [1.807, 2.05) is 6.07 Å². The normalized spacial score (nSPS) is 21.6. The van der Waals surface area contributed by atoms with E-state index in [0.29, 0.717) is 24.8 Å². The molecule has 2 aliphatic rings. The Morgan fingerprint density at radius 2 is 2.19 bits per heavy atom. The van der Waals surface area contributed by atoms with Gasteiger partial charge < -0.3 is 15.0 Å². The van der Waals surface area contributed by atoms with Crippen molar-refractivity contribution in [3.05, 3.63) is 23.9 Å². The van der Waals surface area contributed by atoms with E-state index >= 15 is 0 Å². The standard InChI is InChI=1S/C20H29N5O2/c1-27-13-9-23-20(26)17-5-3-10-25(15-17)18-6-11-24(12-7-18)19-16(14-21)4-2-8-22-19/h2,4,8,17-18H,3,5-7,9-13,15H2,1H3,(H,23,26)/t17-/m0/s1. The van der Waals surface area contributed by atoms with Crippen molar-refractivity contribution in [2.45, 2.75) is 31.7 Å². The van der Waals surface area contributed by atoms with Crippen LogP contribution in [0.4, 0.5) is 5.82 Å². The minimum atomic E-state index is 0.0783. The number of hydrogen-bond acceptors (Lipinski definition) is 6. The van der Waals surface area contributed by atoms with Gasteiger partial charge in [-0.05, 0) is 44.4 Å². The molecule has 1 aromatic heterocycles. The van der Waals surface area contributed by atoms with Crippen molar-refractivity contribution in [1.29, 1.82) is 5.26 Å². The molecule has 0 unspecified atom stereocenters. The topological polar surface area (TPSA) is 81.5 Å². The zero-order chi connectivity index (χ0) is 19.1. The Hall–Kier alpha value is -2.17. The summed E-state index contributed by atoms with van der Waals surface area (Å²) in [7, 11) is 1.64. The lowest BCUT2D eigenvalue weighted by Gasteiger charge is -2.42. The van der Waals surface area contributed by atoms with E-state index in [1.54, 1.807) is 19.4 Å². The summed E-state index contributed by atoms with van der Waals surface area (Å²) >= 11 is 0. The number of aromatic nitrogens is 1. The van der Waals surface area contributed by atoms with Gasteiger partial charge in [0.15, 0.2) is 0 Å². The smallest absolute Gasteiger partial charge is 0.224 e. The third kappa shape index (κ3) is 4.96. The molecule has 0 aliphatic carbocycles. The molecule has 7 heteroatoms. The SMILES string of the molecule is COCCNC(=O)[C@H]1CCCN(C2CCN(c3ncccc3C#N)CC2)C1. The fourth-order valence-corrected chi connectivity index (χ4v) is 4.15. The zero-order valence-electron chi connectivity index (χ0n) is 16.1. The second-order valence-corrected chi connectivity index (χ2v) is 7.32. The van der Waals surface area contributed by atoms with Gasteiger partial charge in [-0.2, -0.15) is 5.26 Å². The van der Waals surface area contributed by atoms with Crippen LogP contribution in [0.15, 0.2) is 18.3 Å². The lowest BCUT2D eigenvalue weighted by Crippen LogP contribution is -2.51. The molecule has 2 aliphatic heterocycles. The molecule has 0 radical (unpaired) electrons. The molecule has 146 valence electrons. The van der Waals surface area contributed by atoms with Gasteiger partial charge in [0.1, 0.15) is 11.9 Å². The number of likely N-dealkylation sites (tertiary alicyclic amines) is 1. The van der Waals surface area contributed by atoms with Crippen molar-refractivity contribution in [2.24, 2.45) is 5.92 Å². The maximum atomic E-state index is 12.4. The molecule has 27 heavy (non-hydrogen) atoms. The van der Waals surface area contributed by atoms with Crippen molar-refractivity contribution in [3.63, 3.8) is 0 Å². The number of carbonyl (C=O) groups excluding carboxylic acids is 1. The van der Waals surface area contributed by atoms with Crippen LogP contribution in [0.5, 0.6) is 0 Å². The highest BCUT2D eigenvalue weighted by atomic mass is 16.5. The van der Waals surface area contributed by atoms with E-state index in [9.17, 15) is 10.1 Å². The van der Waals surface area contributed by atoms with Gasteiger partial charge in [0.2, 0.25) is 5.91 Å². The number of methoxy groups -OCH3 is 1. The van der Waals surface area contributed by atoms with E-state index in [0.717, 1.165) is 57.7 Å². The number of carbonyl (C=O) groups is 1. The third-order valence-electron chi connectivity index (χ3n) is 5.62. The molecule has 0 spiro atoms. The summed E-state index contributed by atoms with van der Waals surface area (Å²) < 4.78 is 5.00. The van der Waals surface area contributed by atoms with Crippen molar-refractivity contribution < 1.29 is 9.53 Å². The van der Waals surface area contributed by atoms with Crippen LogP contribution in [0.25, 0.3) is 0 Å². The number of piperidine rings is 2. The first-order valence-electron chi connectivity index (χ1n) is 9.83. The number of nitrogens with zero attached hydrogens (tertiary/aromatic N) is 4. The minimum Gasteiger partial charge on any atom is -0.383 e. The quantitative estimate of drug-likeness (QED) is 0.761. The molecule has 2 fully saturated rings. The van der Waals surface area contributed by atoms with E-state index in [4.69, 9.17) is 4.74 Å². The molecule has 7 nitrogen and oxygen atoms in total. The molecule has 1 amide bonds. The van der Waals surface area contributed by atoms with Crippen molar-refractivity contribution in [2.75, 3.05) is 51.3 Å². The van der Waals surface area contributed by atoms with Crippen LogP contribution < -0.4 is 10.2 Å². The average Bonchev–Trinajstić information content (AvgIpc) is 2.74. The fourth-order valence-electron chi connectivity index (χ4n) is 4.15. The first-order chi connectivity index (χ1) is 13.2. The van der Waals surface area contributed by atoms with Crippen LogP contribution in [0.1, 0.15) is 31.2 Å². The maximum absolute atomic E-state index is 12.4. The van der Waals surface area contributed by atoms with E-state index < -0.39 is 0 Å². The van der Waals surface area contributed by atoms with Crippen molar-refractivity contribution >= 4 is 11.7 Å². The molecule has 2 saturated heterocycles. The summed E-state index contributed by atoms with van der Waals surface area (Å²) in [6.07, 6.45) is 5.87. The molecule has 3 heterocycles. The highest BCUT2D eigenvalue weighted by Crippen LogP contribution is 2.27. The molecular weight excluding hydrogens is 342 g/mol. The van der Waals surface area contributed by atoms with E-state index in [-0.39, 0.29) is 11.8 Å². The van der Waals surface area contributed by atoms with Crippen molar-refractivity contribution in [3.8, 4) is 6.07 Å². The minimum absolute atomic E-state index is 0.0783. The van der Waals surface area contributed by atoms with Crippen LogP contribution in [0.2, 0.25) is 0 Å². The number of nitriles is 1. The summed E-state index contributed by atoms with van der Waals surface area (Å²) in [4.78, 5) is 21.5. The Balaban J connectivity index is 1.52. The van der Waals surface area contributed by atoms with Gasteiger partial charge >= 0.3 is 0 Å². The van der Waals surface area contributed by atoms with Crippen LogP contribution in [0, 0.1) is 17.2 Å². The van der Waals surface area contributed by atoms with Crippen LogP contribution >= 0.6 is 0 Å². The molecule has 1 aromatic rings. The number of rotatable bonds is 6. The zero-order valence-corrected chi connectivity index (χ0v) is 16.1. The number of nitrogens with one attached hydrogen (secondary N) is 1. The van der Waals surface area contributed by atoms with Crippen LogP contribution in [-0.4, -0.2) is 68.3 Å². The predicted octanol–water partition coefficient (Wildman–Crippen LogP) is 1.40. The summed E-state index contributed by atoms with van der Waals surface area (Å²) in [5, 5.41) is 12.3. The van der Waals surface area contributed by atoms with Crippen LogP contribution in [-0.2, 0) is 9.53 Å². The Morgan fingerprint density at radius 1 is 1.37 bits per heavy atom. The molecule has 3 rings (SSSR count). The van der Waals surface area contributed by atoms with E-state index in [2.05, 4.69) is 26.2 Å². The summed E-state index contributed by atoms with van der Waals surface area (Å²) in [6, 6.07) is 6.37. The third-order valence-corrected chi connectivity index (χ3v) is 5.62. The molecule has 0 aromatic carbocycles. The second-order valence-electron chi connectivity index (χ2n) is 7.32. The fraction of sp³-hybridized carbons (Fsp3) is 0.650. The second kappa shape index (κ2) is 9.67. The van der Waals surface area contributed by atoms with Gasteiger partial charge in [-0.25, -0.2) is 4.98 Å². The molecule has 0 bridgehead atoms. The summed E-state index contributed by atoms with van der Waals surface area (Å²) in [5.41, 5.74) is 0.640. The number of hydrogen-bond donors (Lipinski definition) is 1. The summed E-state index contributed by atoms with van der Waals surface area (Å²) in [6.45, 7) is 4.85. The predicted molar refractivity (Wildman–Crippen MR) is 103 cm³/mol. The first-order valence-corrected chi connectivity index (χ1v) is 9.83. The largest absolute Gasteiger partial charge is 0.383 e. The Bertz CT molecular complexity index is 667. The number of ether oxygens (including phenoxy) is 1. The van der Waals surface area contributed by atoms with E-state index in [1.165, 1.54) is 0 Å².